The van der Waals surface area contributed by atoms with Crippen LogP contribution in [0.3, 0.4) is 0 Å². The molecule has 3 nitrogen and oxygen atoms in total. The predicted molar refractivity (Wildman–Crippen MR) is 258 cm³/mol. The van der Waals surface area contributed by atoms with Gasteiger partial charge in [0, 0.05) is 48.4 Å². The Morgan fingerprint density at radius 1 is 0.550 bits per heavy atom. The molecule has 2 aliphatic heterocycles. The Labute approximate surface area is 357 Å². The average molecular weight is 795 g/mol. The topological polar surface area (TPSA) is 19.6 Å². The highest BCUT2D eigenvalue weighted by Gasteiger charge is 2.46. The Morgan fingerprint density at radius 2 is 1.22 bits per heavy atom. The summed E-state index contributed by atoms with van der Waals surface area (Å²) in [5, 5.41) is 3.59. The van der Waals surface area contributed by atoms with Gasteiger partial charge in [0.15, 0.2) is 0 Å². The molecule has 0 atom stereocenters. The Bertz CT molecular complexity index is 3280. The minimum Gasteiger partial charge on any atom is -0.456 e. The highest BCUT2D eigenvalue weighted by atomic mass is 32.1. The number of hydrogen-bond donors (Lipinski definition) is 0. The molecule has 0 amide bonds. The molecule has 0 spiro atoms. The molecule has 9 aromatic rings. The molecular formula is C55H47BN2OS. The number of furan rings is 1. The molecule has 1 aliphatic carbocycles. The highest BCUT2D eigenvalue weighted by Crippen LogP contribution is 2.54. The van der Waals surface area contributed by atoms with E-state index in [9.17, 15) is 0 Å². The minimum absolute atomic E-state index is 0.0291. The van der Waals surface area contributed by atoms with E-state index in [1.54, 1.807) is 0 Å². The zero-order valence-corrected chi connectivity index (χ0v) is 36.4. The summed E-state index contributed by atoms with van der Waals surface area (Å²) < 4.78 is 9.27. The molecule has 60 heavy (non-hydrogen) atoms. The van der Waals surface area contributed by atoms with Crippen LogP contribution >= 0.6 is 11.3 Å². The first-order chi connectivity index (χ1) is 28.8. The van der Waals surface area contributed by atoms with E-state index in [0.717, 1.165) is 27.6 Å². The van der Waals surface area contributed by atoms with Crippen LogP contribution in [0.15, 0.2) is 144 Å². The lowest BCUT2D eigenvalue weighted by Crippen LogP contribution is -2.60. The zero-order chi connectivity index (χ0) is 41.0. The normalized spacial score (nSPS) is 15.0. The molecular weight excluding hydrogens is 747 g/mol. The molecule has 2 aromatic heterocycles. The molecule has 0 saturated heterocycles. The van der Waals surface area contributed by atoms with Gasteiger partial charge in [0.25, 0.3) is 6.71 Å². The van der Waals surface area contributed by atoms with Crippen LogP contribution in [0.25, 0.3) is 43.2 Å². The molecule has 0 N–H and O–H groups in total. The third-order valence-corrected chi connectivity index (χ3v) is 15.0. The Morgan fingerprint density at radius 3 is 2.00 bits per heavy atom. The van der Waals surface area contributed by atoms with Crippen LogP contribution in [-0.4, -0.2) is 6.71 Å². The van der Waals surface area contributed by atoms with E-state index >= 15 is 0 Å². The van der Waals surface area contributed by atoms with Gasteiger partial charge in [-0.3, -0.25) is 0 Å². The lowest BCUT2D eigenvalue weighted by atomic mass is 9.36. The summed E-state index contributed by atoms with van der Waals surface area (Å²) in [5.74, 6) is 0. The molecule has 0 unspecified atom stereocenters. The van der Waals surface area contributed by atoms with Crippen molar-refractivity contribution >= 4 is 99.9 Å². The van der Waals surface area contributed by atoms with Crippen molar-refractivity contribution in [3.8, 4) is 11.1 Å². The van der Waals surface area contributed by atoms with Crippen molar-refractivity contribution in [3.63, 3.8) is 0 Å². The monoisotopic (exact) mass is 794 g/mol. The molecule has 3 aliphatic rings. The first kappa shape index (κ1) is 35.9. The summed E-state index contributed by atoms with van der Waals surface area (Å²) in [6.45, 7) is 18.7. The third kappa shape index (κ3) is 4.84. The molecule has 5 heteroatoms. The van der Waals surface area contributed by atoms with Gasteiger partial charge in [0.05, 0.1) is 16.8 Å². The van der Waals surface area contributed by atoms with Gasteiger partial charge in [-0.1, -0.05) is 134 Å². The number of nitrogens with zero attached hydrogens (tertiary/aromatic N) is 2. The Balaban J connectivity index is 1.19. The fourth-order valence-electron chi connectivity index (χ4n) is 10.7. The van der Waals surface area contributed by atoms with Crippen LogP contribution in [0.1, 0.15) is 77.6 Å². The summed E-state index contributed by atoms with van der Waals surface area (Å²) in [5.41, 5.74) is 19.9. The van der Waals surface area contributed by atoms with Gasteiger partial charge in [-0.15, -0.1) is 11.3 Å². The fourth-order valence-corrected chi connectivity index (χ4v) is 12.0. The van der Waals surface area contributed by atoms with Crippen molar-refractivity contribution in [3.05, 3.63) is 162 Å². The Kier molecular flexibility index (Phi) is 7.20. The van der Waals surface area contributed by atoms with Crippen molar-refractivity contribution in [1.29, 1.82) is 0 Å². The van der Waals surface area contributed by atoms with Crippen molar-refractivity contribution in [2.45, 2.75) is 71.6 Å². The van der Waals surface area contributed by atoms with Crippen molar-refractivity contribution < 1.29 is 4.42 Å². The van der Waals surface area contributed by atoms with Gasteiger partial charge >= 0.3 is 0 Å². The molecule has 7 aromatic carbocycles. The van der Waals surface area contributed by atoms with E-state index in [-0.39, 0.29) is 23.0 Å². The third-order valence-electron chi connectivity index (χ3n) is 13.8. The lowest BCUT2D eigenvalue weighted by Gasteiger charge is -2.43. The van der Waals surface area contributed by atoms with E-state index in [2.05, 4.69) is 205 Å². The summed E-state index contributed by atoms with van der Waals surface area (Å²) in [7, 11) is 0. The average Bonchev–Trinajstić information content (AvgIpc) is 3.87. The van der Waals surface area contributed by atoms with Crippen LogP contribution in [0.4, 0.5) is 34.1 Å². The maximum atomic E-state index is 6.53. The van der Waals surface area contributed by atoms with E-state index in [0.29, 0.717) is 0 Å². The largest absolute Gasteiger partial charge is 0.456 e. The number of hydrogen-bond acceptors (Lipinski definition) is 4. The summed E-state index contributed by atoms with van der Waals surface area (Å²) in [6, 6.07) is 52.8. The molecule has 0 bridgehead atoms. The summed E-state index contributed by atoms with van der Waals surface area (Å²) >= 11 is 1.99. The van der Waals surface area contributed by atoms with Gasteiger partial charge in [0.1, 0.15) is 11.2 Å². The second-order valence-corrected chi connectivity index (χ2v) is 20.8. The van der Waals surface area contributed by atoms with Crippen molar-refractivity contribution in [1.82, 2.24) is 0 Å². The van der Waals surface area contributed by atoms with Crippen LogP contribution in [0, 0.1) is 0 Å². The predicted octanol–water partition coefficient (Wildman–Crippen LogP) is 13.8. The SMILES string of the molecule is CC(C)(C)c1ccc(N2c3cccc4c3B(c3cc(C(C)(C)C)ccc3N4c3cccc4oc5ccccc5c34)c3sc4cc5c(cc4c32)-c2ccccc2C5(C)C)cc1. The maximum Gasteiger partial charge on any atom is 0.264 e. The van der Waals surface area contributed by atoms with E-state index in [1.165, 1.54) is 87.6 Å². The smallest absolute Gasteiger partial charge is 0.264 e. The Hall–Kier alpha value is -6.04. The molecule has 12 rings (SSSR count). The van der Waals surface area contributed by atoms with Crippen LogP contribution in [0.2, 0.25) is 0 Å². The quantitative estimate of drug-likeness (QED) is 0.163. The second-order valence-electron chi connectivity index (χ2n) is 19.8. The first-order valence-corrected chi connectivity index (χ1v) is 22.2. The molecule has 0 fully saturated rings. The van der Waals surface area contributed by atoms with E-state index in [4.69, 9.17) is 4.42 Å². The fraction of sp³-hybridized carbons (Fsp3) is 0.200. The molecule has 0 radical (unpaired) electrons. The number of fused-ring (bicyclic) bond motifs is 12. The van der Waals surface area contributed by atoms with Gasteiger partial charge in [-0.25, -0.2) is 0 Å². The van der Waals surface area contributed by atoms with Crippen LogP contribution in [0.5, 0.6) is 0 Å². The number of rotatable bonds is 2. The van der Waals surface area contributed by atoms with E-state index < -0.39 is 0 Å². The minimum atomic E-state index is -0.0823. The number of benzene rings is 7. The first-order valence-electron chi connectivity index (χ1n) is 21.4. The lowest BCUT2D eigenvalue weighted by molar-refractivity contribution is 0.590. The number of thiophene rings is 1. The van der Waals surface area contributed by atoms with Gasteiger partial charge < -0.3 is 14.2 Å². The van der Waals surface area contributed by atoms with Crippen molar-refractivity contribution in [2.24, 2.45) is 0 Å². The van der Waals surface area contributed by atoms with Gasteiger partial charge in [0.2, 0.25) is 0 Å². The molecule has 0 saturated carbocycles. The van der Waals surface area contributed by atoms with Gasteiger partial charge in [-0.2, -0.15) is 0 Å². The highest BCUT2D eigenvalue weighted by molar-refractivity contribution is 7.33. The summed E-state index contributed by atoms with van der Waals surface area (Å²) in [4.78, 5) is 5.13. The summed E-state index contributed by atoms with van der Waals surface area (Å²) in [6.07, 6.45) is 0. The number of anilines is 6. The zero-order valence-electron chi connectivity index (χ0n) is 35.6. The second kappa shape index (κ2) is 12.0. The molecule has 292 valence electrons. The van der Waals surface area contributed by atoms with Crippen LogP contribution in [-0.2, 0) is 16.2 Å². The number of para-hydroxylation sites is 1. The van der Waals surface area contributed by atoms with Crippen LogP contribution < -0.4 is 25.5 Å². The van der Waals surface area contributed by atoms with Gasteiger partial charge in [-0.05, 0) is 116 Å². The van der Waals surface area contributed by atoms with E-state index in [1.807, 2.05) is 11.3 Å². The standard InChI is InChI=1S/C55H47BN2OS/c1-53(2,3)32-23-26-34(27-24-32)57-44-19-13-20-45-50(44)56(52-51(57)38-30-37-35-15-9-11-17-39(35)55(7,8)40(37)31-48(38)60-52)41-29-33(54(4,5)6)25-28-42(41)58(45)43-18-14-22-47-49(43)36-16-10-12-21-46(36)59-47/h9-31H,1-8H3. The molecule has 4 heterocycles. The van der Waals surface area contributed by atoms with Crippen molar-refractivity contribution in [2.75, 3.05) is 9.80 Å². The maximum absolute atomic E-state index is 6.53.